The third kappa shape index (κ3) is 3.12. The number of nitrogens with one attached hydrogen (secondary N) is 1. The number of H-pyrrole nitrogens is 1. The molecule has 100 valence electrons. The lowest BCUT2D eigenvalue weighted by Crippen LogP contribution is -2.05. The van der Waals surface area contributed by atoms with Crippen molar-refractivity contribution in [3.8, 4) is 6.07 Å². The molecule has 2 rings (SSSR count). The highest BCUT2D eigenvalue weighted by Crippen LogP contribution is 2.09. The van der Waals surface area contributed by atoms with Crippen LogP contribution in [0.5, 0.6) is 0 Å². The summed E-state index contributed by atoms with van der Waals surface area (Å²) < 4.78 is 5.12. The van der Waals surface area contributed by atoms with Crippen molar-refractivity contribution < 1.29 is 14.3 Å². The Morgan fingerprint density at radius 1 is 1.35 bits per heavy atom. The van der Waals surface area contributed by atoms with Crippen LogP contribution in [-0.2, 0) is 11.3 Å². The molecule has 1 N–H and O–H groups in total. The van der Waals surface area contributed by atoms with Crippen molar-refractivity contribution in [1.82, 2.24) is 4.98 Å². The molecule has 0 aliphatic heterocycles. The molecule has 1 heterocycles. The molecular formula is C15H12N2O3. The fourth-order valence-corrected chi connectivity index (χ4v) is 1.67. The lowest BCUT2D eigenvalue weighted by molar-refractivity contribution is 0.0466. The molecule has 0 fully saturated rings. The Kier molecular flexibility index (Phi) is 3.96. The number of ketones is 1. The number of aromatic nitrogens is 1. The molecule has 2 aromatic rings. The van der Waals surface area contributed by atoms with E-state index in [1.165, 1.54) is 19.2 Å². The van der Waals surface area contributed by atoms with Crippen LogP contribution in [0.3, 0.4) is 0 Å². The molecule has 1 aromatic carbocycles. The molecule has 0 radical (unpaired) electrons. The maximum atomic E-state index is 11.8. The van der Waals surface area contributed by atoms with E-state index in [0.717, 1.165) is 5.56 Å². The zero-order valence-electron chi connectivity index (χ0n) is 10.8. The molecule has 0 atom stereocenters. The molecule has 0 saturated carbocycles. The summed E-state index contributed by atoms with van der Waals surface area (Å²) in [6.07, 6.45) is 1.47. The summed E-state index contributed by atoms with van der Waals surface area (Å²) >= 11 is 0. The van der Waals surface area contributed by atoms with Crippen molar-refractivity contribution in [3.05, 3.63) is 58.9 Å². The Balaban J connectivity index is 2.01. The predicted octanol–water partition coefficient (Wildman–Crippen LogP) is 2.45. The van der Waals surface area contributed by atoms with Crippen LogP contribution >= 0.6 is 0 Å². The van der Waals surface area contributed by atoms with Crippen LogP contribution in [-0.4, -0.2) is 16.7 Å². The van der Waals surface area contributed by atoms with E-state index in [4.69, 9.17) is 10.00 Å². The second-order valence-electron chi connectivity index (χ2n) is 4.25. The van der Waals surface area contributed by atoms with E-state index in [2.05, 4.69) is 4.98 Å². The minimum absolute atomic E-state index is 0.0722. The fourth-order valence-electron chi connectivity index (χ4n) is 1.67. The quantitative estimate of drug-likeness (QED) is 0.682. The molecule has 0 unspecified atom stereocenters. The summed E-state index contributed by atoms with van der Waals surface area (Å²) in [6, 6.07) is 10.3. The number of rotatable bonds is 4. The molecular weight excluding hydrogens is 256 g/mol. The molecule has 20 heavy (non-hydrogen) atoms. The number of carbonyl (C=O) groups is 2. The number of aromatic amines is 1. The smallest absolute Gasteiger partial charge is 0.355 e. The zero-order valence-corrected chi connectivity index (χ0v) is 10.8. The van der Waals surface area contributed by atoms with E-state index >= 15 is 0 Å². The van der Waals surface area contributed by atoms with E-state index in [1.807, 2.05) is 6.07 Å². The number of benzene rings is 1. The number of ether oxygens (including phenoxy) is 1. The Labute approximate surface area is 115 Å². The number of hydrogen-bond acceptors (Lipinski definition) is 4. The largest absolute Gasteiger partial charge is 0.456 e. The van der Waals surface area contributed by atoms with Gasteiger partial charge in [-0.05, 0) is 30.7 Å². The maximum absolute atomic E-state index is 11.8. The van der Waals surface area contributed by atoms with Crippen molar-refractivity contribution in [3.63, 3.8) is 0 Å². The molecule has 5 heteroatoms. The summed E-state index contributed by atoms with van der Waals surface area (Å²) in [5.41, 5.74) is 1.91. The van der Waals surface area contributed by atoms with E-state index in [1.54, 1.807) is 24.3 Å². The van der Waals surface area contributed by atoms with Crippen LogP contribution in [0.4, 0.5) is 0 Å². The lowest BCUT2D eigenvalue weighted by Gasteiger charge is -2.03. The molecule has 0 saturated heterocycles. The van der Waals surface area contributed by atoms with E-state index in [-0.39, 0.29) is 18.1 Å². The number of hydrogen-bond donors (Lipinski definition) is 1. The fraction of sp³-hybridized carbons (Fsp3) is 0.133. The van der Waals surface area contributed by atoms with Gasteiger partial charge in [0.15, 0.2) is 5.78 Å². The Bertz CT molecular complexity index is 695. The van der Waals surface area contributed by atoms with Gasteiger partial charge in [0.05, 0.1) is 11.6 Å². The number of esters is 1. The van der Waals surface area contributed by atoms with Crippen LogP contribution in [0, 0.1) is 11.3 Å². The Morgan fingerprint density at radius 3 is 2.80 bits per heavy atom. The molecule has 0 spiro atoms. The third-order valence-corrected chi connectivity index (χ3v) is 2.74. The summed E-state index contributed by atoms with van der Waals surface area (Å²) in [6.45, 7) is 1.49. The first-order valence-electron chi connectivity index (χ1n) is 5.95. The SMILES string of the molecule is CC(=O)c1c[nH]c(C(=O)OCc2cccc(C#N)c2)c1. The van der Waals surface area contributed by atoms with Crippen LogP contribution in [0.2, 0.25) is 0 Å². The van der Waals surface area contributed by atoms with Gasteiger partial charge in [-0.1, -0.05) is 12.1 Å². The Hall–Kier alpha value is -2.87. The summed E-state index contributed by atoms with van der Waals surface area (Å²) in [5, 5.41) is 8.78. The minimum atomic E-state index is -0.542. The van der Waals surface area contributed by atoms with Gasteiger partial charge in [-0.3, -0.25) is 4.79 Å². The second-order valence-corrected chi connectivity index (χ2v) is 4.25. The number of carbonyl (C=O) groups excluding carboxylic acids is 2. The molecule has 0 aliphatic rings. The summed E-state index contributed by atoms with van der Waals surface area (Å²) in [4.78, 5) is 25.6. The van der Waals surface area contributed by atoms with Gasteiger partial charge in [-0.25, -0.2) is 4.79 Å². The van der Waals surface area contributed by atoms with Gasteiger partial charge in [0.2, 0.25) is 0 Å². The second kappa shape index (κ2) is 5.85. The lowest BCUT2D eigenvalue weighted by atomic mass is 10.1. The average Bonchev–Trinajstić information content (AvgIpc) is 2.95. The van der Waals surface area contributed by atoms with E-state index in [9.17, 15) is 9.59 Å². The minimum Gasteiger partial charge on any atom is -0.456 e. The first-order valence-corrected chi connectivity index (χ1v) is 5.95. The number of nitriles is 1. The van der Waals surface area contributed by atoms with Crippen molar-refractivity contribution in [1.29, 1.82) is 5.26 Å². The van der Waals surface area contributed by atoms with E-state index < -0.39 is 5.97 Å². The van der Waals surface area contributed by atoms with Crippen LogP contribution in [0.15, 0.2) is 36.5 Å². The zero-order chi connectivity index (χ0) is 14.5. The van der Waals surface area contributed by atoms with Crippen LogP contribution in [0.1, 0.15) is 38.9 Å². The predicted molar refractivity (Wildman–Crippen MR) is 71.1 cm³/mol. The highest BCUT2D eigenvalue weighted by molar-refractivity contribution is 5.97. The molecule has 0 bridgehead atoms. The molecule has 0 amide bonds. The van der Waals surface area contributed by atoms with Crippen molar-refractivity contribution in [2.75, 3.05) is 0 Å². The van der Waals surface area contributed by atoms with Gasteiger partial charge in [0.1, 0.15) is 12.3 Å². The maximum Gasteiger partial charge on any atom is 0.355 e. The first-order chi connectivity index (χ1) is 9.60. The number of Topliss-reactive ketones (excluding diaryl/α,β-unsaturated/α-hetero) is 1. The van der Waals surface area contributed by atoms with Gasteiger partial charge >= 0.3 is 5.97 Å². The molecule has 0 aliphatic carbocycles. The van der Waals surface area contributed by atoms with Crippen molar-refractivity contribution in [2.24, 2.45) is 0 Å². The van der Waals surface area contributed by atoms with Crippen molar-refractivity contribution >= 4 is 11.8 Å². The van der Waals surface area contributed by atoms with Gasteiger partial charge in [-0.2, -0.15) is 5.26 Å². The summed E-state index contributed by atoms with van der Waals surface area (Å²) in [7, 11) is 0. The molecule has 5 nitrogen and oxygen atoms in total. The van der Waals surface area contributed by atoms with E-state index in [0.29, 0.717) is 11.1 Å². The highest BCUT2D eigenvalue weighted by Gasteiger charge is 2.12. The number of nitrogens with zero attached hydrogens (tertiary/aromatic N) is 1. The van der Waals surface area contributed by atoms with Gasteiger partial charge in [0, 0.05) is 11.8 Å². The van der Waals surface area contributed by atoms with Gasteiger partial charge in [0.25, 0.3) is 0 Å². The first kappa shape index (κ1) is 13.6. The topological polar surface area (TPSA) is 82.9 Å². The highest BCUT2D eigenvalue weighted by atomic mass is 16.5. The van der Waals surface area contributed by atoms with Gasteiger partial charge < -0.3 is 9.72 Å². The average molecular weight is 268 g/mol. The Morgan fingerprint density at radius 2 is 2.15 bits per heavy atom. The normalized spacial score (nSPS) is 9.80. The van der Waals surface area contributed by atoms with Gasteiger partial charge in [-0.15, -0.1) is 0 Å². The third-order valence-electron chi connectivity index (χ3n) is 2.74. The van der Waals surface area contributed by atoms with Crippen LogP contribution < -0.4 is 0 Å². The molecule has 1 aromatic heterocycles. The standard InChI is InChI=1S/C15H12N2O3/c1-10(18)13-6-14(17-8-13)15(19)20-9-12-4-2-3-11(5-12)7-16/h2-6,8,17H,9H2,1H3. The summed E-state index contributed by atoms with van der Waals surface area (Å²) in [5.74, 6) is -0.665. The van der Waals surface area contributed by atoms with Crippen molar-refractivity contribution in [2.45, 2.75) is 13.5 Å². The monoisotopic (exact) mass is 268 g/mol. The van der Waals surface area contributed by atoms with Crippen LogP contribution in [0.25, 0.3) is 0 Å².